The summed E-state index contributed by atoms with van der Waals surface area (Å²) < 4.78 is 40.6. The molecule has 0 saturated heterocycles. The second-order valence-corrected chi connectivity index (χ2v) is 6.40. The zero-order valence-corrected chi connectivity index (χ0v) is 12.7. The van der Waals surface area contributed by atoms with E-state index in [1.54, 1.807) is 13.0 Å². The maximum atomic E-state index is 12.3. The number of urea groups is 1. The van der Waals surface area contributed by atoms with E-state index < -0.39 is 12.4 Å². The molecule has 1 aromatic carbocycles. The van der Waals surface area contributed by atoms with Gasteiger partial charge in [0.1, 0.15) is 5.75 Å². The SMILES string of the molecule is C[C@H](NC(=O)N[C@@H]1CC2CC1C2)c1cccc(OC(F)(F)F)c1. The molecule has 2 N–H and O–H groups in total. The number of alkyl halides is 3. The van der Waals surface area contributed by atoms with Crippen LogP contribution >= 0.6 is 0 Å². The Morgan fingerprint density at radius 1 is 1.30 bits per heavy atom. The Kier molecular flexibility index (Phi) is 4.12. The first-order valence-electron chi connectivity index (χ1n) is 7.73. The fourth-order valence-corrected chi connectivity index (χ4v) is 3.51. The first-order valence-corrected chi connectivity index (χ1v) is 7.73. The third-order valence-electron chi connectivity index (χ3n) is 4.68. The molecule has 3 aliphatic rings. The van der Waals surface area contributed by atoms with Gasteiger partial charge in [-0.1, -0.05) is 12.1 Å². The van der Waals surface area contributed by atoms with Gasteiger partial charge in [0, 0.05) is 6.04 Å². The highest BCUT2D eigenvalue weighted by molar-refractivity contribution is 5.75. The summed E-state index contributed by atoms with van der Waals surface area (Å²) in [5, 5.41) is 5.73. The highest BCUT2D eigenvalue weighted by Crippen LogP contribution is 2.48. The monoisotopic (exact) mass is 328 g/mol. The van der Waals surface area contributed by atoms with Gasteiger partial charge < -0.3 is 15.4 Å². The van der Waals surface area contributed by atoms with Crippen molar-refractivity contribution in [1.82, 2.24) is 10.6 Å². The number of carbonyl (C=O) groups is 1. The highest BCUT2D eigenvalue weighted by atomic mass is 19.4. The van der Waals surface area contributed by atoms with Crippen molar-refractivity contribution in [3.63, 3.8) is 0 Å². The fraction of sp³-hybridized carbons (Fsp3) is 0.562. The van der Waals surface area contributed by atoms with Gasteiger partial charge in [0.2, 0.25) is 0 Å². The Hall–Kier alpha value is -1.92. The molecule has 0 radical (unpaired) electrons. The van der Waals surface area contributed by atoms with E-state index >= 15 is 0 Å². The third kappa shape index (κ3) is 3.89. The Balaban J connectivity index is 1.55. The van der Waals surface area contributed by atoms with Crippen LogP contribution in [0.5, 0.6) is 5.75 Å². The molecular weight excluding hydrogens is 309 g/mol. The van der Waals surface area contributed by atoms with Crippen molar-refractivity contribution >= 4 is 6.03 Å². The van der Waals surface area contributed by atoms with Crippen LogP contribution in [0.1, 0.15) is 37.8 Å². The predicted octanol–water partition coefficient (Wildman–Crippen LogP) is 3.74. The van der Waals surface area contributed by atoms with Gasteiger partial charge in [0.05, 0.1) is 6.04 Å². The molecule has 3 aliphatic carbocycles. The normalized spacial score (nSPS) is 27.0. The van der Waals surface area contributed by atoms with Crippen LogP contribution in [0, 0.1) is 11.8 Å². The van der Waals surface area contributed by atoms with Gasteiger partial charge in [0.15, 0.2) is 0 Å². The quantitative estimate of drug-likeness (QED) is 0.884. The number of ether oxygens (including phenoxy) is 1. The average Bonchev–Trinajstić information content (AvgIpc) is 2.95. The summed E-state index contributed by atoms with van der Waals surface area (Å²) in [7, 11) is 0. The van der Waals surface area contributed by atoms with E-state index in [0.717, 1.165) is 12.3 Å². The number of halogens is 3. The summed E-state index contributed by atoms with van der Waals surface area (Å²) in [4.78, 5) is 12.0. The lowest BCUT2D eigenvalue weighted by atomic mass is 9.84. The van der Waals surface area contributed by atoms with Gasteiger partial charge in [-0.05, 0) is 55.7 Å². The minimum atomic E-state index is -4.73. The summed E-state index contributed by atoms with van der Waals surface area (Å²) in [6.07, 6.45) is -1.31. The molecule has 0 spiro atoms. The molecule has 0 unspecified atom stereocenters. The van der Waals surface area contributed by atoms with Crippen LogP contribution in [0.15, 0.2) is 24.3 Å². The maximum Gasteiger partial charge on any atom is 0.573 e. The molecule has 3 saturated carbocycles. The van der Waals surface area contributed by atoms with Gasteiger partial charge in [-0.25, -0.2) is 4.79 Å². The van der Waals surface area contributed by atoms with E-state index in [4.69, 9.17) is 0 Å². The number of hydrogen-bond acceptors (Lipinski definition) is 2. The van der Waals surface area contributed by atoms with Crippen LogP contribution in [0.3, 0.4) is 0 Å². The number of fused-ring (bicyclic) bond motifs is 1. The molecule has 3 fully saturated rings. The van der Waals surface area contributed by atoms with E-state index in [0.29, 0.717) is 11.5 Å². The van der Waals surface area contributed by atoms with E-state index in [1.165, 1.54) is 31.0 Å². The largest absolute Gasteiger partial charge is 0.573 e. The molecule has 2 atom stereocenters. The molecule has 4 nitrogen and oxygen atoms in total. The fourth-order valence-electron chi connectivity index (χ4n) is 3.51. The van der Waals surface area contributed by atoms with E-state index in [9.17, 15) is 18.0 Å². The summed E-state index contributed by atoms with van der Waals surface area (Å²) >= 11 is 0. The summed E-state index contributed by atoms with van der Waals surface area (Å²) in [6.45, 7) is 1.72. The van der Waals surface area contributed by atoms with Gasteiger partial charge in [-0.2, -0.15) is 0 Å². The molecule has 2 amide bonds. The van der Waals surface area contributed by atoms with Crippen molar-refractivity contribution in [3.05, 3.63) is 29.8 Å². The van der Waals surface area contributed by atoms with Crippen molar-refractivity contribution in [2.45, 2.75) is 44.6 Å². The minimum absolute atomic E-state index is 0.229. The molecule has 0 aromatic heterocycles. The number of hydrogen-bond donors (Lipinski definition) is 2. The Bertz CT molecular complexity index is 585. The van der Waals surface area contributed by atoms with Crippen molar-refractivity contribution in [2.75, 3.05) is 0 Å². The third-order valence-corrected chi connectivity index (χ3v) is 4.68. The predicted molar refractivity (Wildman–Crippen MR) is 77.8 cm³/mol. The van der Waals surface area contributed by atoms with Crippen LogP contribution in [0.2, 0.25) is 0 Å². The van der Waals surface area contributed by atoms with Gasteiger partial charge in [-0.15, -0.1) is 13.2 Å². The molecule has 0 heterocycles. The standard InChI is InChI=1S/C16H19F3N2O2/c1-9(11-3-2-4-13(8-11)23-16(17,18)19)20-15(22)21-14-7-10-5-12(14)6-10/h2-4,8-10,12,14H,5-7H2,1H3,(H2,20,21,22)/t9-,10?,12?,14+/m0/s1. The van der Waals surface area contributed by atoms with Crippen molar-refractivity contribution in [2.24, 2.45) is 11.8 Å². The number of nitrogens with one attached hydrogen (secondary N) is 2. The van der Waals surface area contributed by atoms with Crippen LogP contribution in [-0.2, 0) is 0 Å². The van der Waals surface area contributed by atoms with Crippen LogP contribution in [0.25, 0.3) is 0 Å². The Morgan fingerprint density at radius 3 is 2.65 bits per heavy atom. The van der Waals surface area contributed by atoms with Crippen molar-refractivity contribution in [3.8, 4) is 5.75 Å². The van der Waals surface area contributed by atoms with Gasteiger partial charge in [-0.3, -0.25) is 0 Å². The lowest BCUT2D eigenvalue weighted by Gasteiger charge is -2.25. The molecular formula is C16H19F3N2O2. The highest BCUT2D eigenvalue weighted by Gasteiger charge is 2.44. The number of rotatable bonds is 4. The van der Waals surface area contributed by atoms with Crippen LogP contribution < -0.4 is 15.4 Å². The topological polar surface area (TPSA) is 50.4 Å². The zero-order valence-electron chi connectivity index (χ0n) is 12.7. The van der Waals surface area contributed by atoms with E-state index in [-0.39, 0.29) is 17.8 Å². The Labute approximate surface area is 132 Å². The molecule has 2 bridgehead atoms. The van der Waals surface area contributed by atoms with E-state index in [2.05, 4.69) is 15.4 Å². The van der Waals surface area contributed by atoms with Gasteiger partial charge >= 0.3 is 12.4 Å². The minimum Gasteiger partial charge on any atom is -0.406 e. The lowest BCUT2D eigenvalue weighted by Crippen LogP contribution is -2.43. The van der Waals surface area contributed by atoms with Crippen LogP contribution in [0.4, 0.5) is 18.0 Å². The summed E-state index contributed by atoms with van der Waals surface area (Å²) in [5.41, 5.74) is 0.553. The lowest BCUT2D eigenvalue weighted by molar-refractivity contribution is -0.274. The number of carbonyl (C=O) groups excluding carboxylic acids is 1. The second-order valence-electron chi connectivity index (χ2n) is 6.40. The second kappa shape index (κ2) is 5.94. The maximum absolute atomic E-state index is 12.3. The summed E-state index contributed by atoms with van der Waals surface area (Å²) in [6, 6.07) is 5.17. The van der Waals surface area contributed by atoms with Crippen LogP contribution in [-0.4, -0.2) is 18.4 Å². The Morgan fingerprint density at radius 2 is 2.04 bits per heavy atom. The smallest absolute Gasteiger partial charge is 0.406 e. The molecule has 1 aromatic rings. The molecule has 126 valence electrons. The van der Waals surface area contributed by atoms with Gasteiger partial charge in [0.25, 0.3) is 0 Å². The first kappa shape index (κ1) is 16.0. The zero-order chi connectivity index (χ0) is 16.6. The average molecular weight is 328 g/mol. The van der Waals surface area contributed by atoms with Crippen molar-refractivity contribution in [1.29, 1.82) is 0 Å². The molecule has 4 rings (SSSR count). The molecule has 7 heteroatoms. The number of benzene rings is 1. The van der Waals surface area contributed by atoms with E-state index in [1.807, 2.05) is 0 Å². The first-order chi connectivity index (χ1) is 10.8. The molecule has 23 heavy (non-hydrogen) atoms. The van der Waals surface area contributed by atoms with Crippen molar-refractivity contribution < 1.29 is 22.7 Å². The molecule has 0 aliphatic heterocycles. The summed E-state index contributed by atoms with van der Waals surface area (Å²) in [5.74, 6) is 1.05. The number of amides is 2.